The van der Waals surface area contributed by atoms with Crippen LogP contribution in [-0.2, 0) is 11.2 Å². The molecule has 2 aromatic rings. The van der Waals surface area contributed by atoms with E-state index in [4.69, 9.17) is 0 Å². The van der Waals surface area contributed by atoms with Gasteiger partial charge in [0, 0.05) is 49.1 Å². The van der Waals surface area contributed by atoms with Crippen molar-refractivity contribution in [2.24, 2.45) is 0 Å². The van der Waals surface area contributed by atoms with Crippen molar-refractivity contribution in [1.82, 2.24) is 19.8 Å². The number of alkyl halides is 2. The number of benzene rings is 1. The maximum atomic E-state index is 12.9. The number of aryl methyl sites for hydroxylation is 1. The average molecular weight is 421 g/mol. The van der Waals surface area contributed by atoms with Crippen LogP contribution in [0.2, 0.25) is 0 Å². The van der Waals surface area contributed by atoms with Crippen LogP contribution in [0, 0.1) is 17.0 Å². The molecule has 1 fully saturated rings. The standard InChI is InChI=1S/C19H21F2N5O4/c1-12-11-13(4-5-14(12)26(29)30)18(28)24-9-2-3-15(24)17(27)23-7-6-16-22-8-10-25(16)19(20)21/h4-5,8,10-11,15,19H,2-3,6-7,9H2,1H3,(H,23,27). The van der Waals surface area contributed by atoms with Gasteiger partial charge in [-0.15, -0.1) is 0 Å². The van der Waals surface area contributed by atoms with Crippen molar-refractivity contribution in [3.63, 3.8) is 0 Å². The molecule has 1 aliphatic heterocycles. The van der Waals surface area contributed by atoms with E-state index < -0.39 is 17.5 Å². The largest absolute Gasteiger partial charge is 0.354 e. The molecule has 1 aromatic carbocycles. The van der Waals surface area contributed by atoms with E-state index in [-0.39, 0.29) is 41.9 Å². The van der Waals surface area contributed by atoms with Crippen LogP contribution in [-0.4, -0.2) is 50.3 Å². The second-order valence-electron chi connectivity index (χ2n) is 6.98. The van der Waals surface area contributed by atoms with Crippen molar-refractivity contribution >= 4 is 17.5 Å². The highest BCUT2D eigenvalue weighted by Crippen LogP contribution is 2.24. The smallest absolute Gasteiger partial charge is 0.319 e. The lowest BCUT2D eigenvalue weighted by Gasteiger charge is -2.24. The van der Waals surface area contributed by atoms with Gasteiger partial charge in [0.25, 0.3) is 11.6 Å². The number of nitrogens with zero attached hydrogens (tertiary/aromatic N) is 4. The van der Waals surface area contributed by atoms with Crippen LogP contribution in [0.4, 0.5) is 14.5 Å². The first-order chi connectivity index (χ1) is 14.3. The molecular formula is C19H21F2N5O4. The number of carbonyl (C=O) groups is 2. The Morgan fingerprint density at radius 1 is 1.40 bits per heavy atom. The van der Waals surface area contributed by atoms with Crippen LogP contribution in [0.25, 0.3) is 0 Å². The third-order valence-electron chi connectivity index (χ3n) is 5.06. The van der Waals surface area contributed by atoms with Crippen LogP contribution in [0.15, 0.2) is 30.6 Å². The summed E-state index contributed by atoms with van der Waals surface area (Å²) in [6.45, 7) is -0.654. The Labute approximate surface area is 170 Å². The lowest BCUT2D eigenvalue weighted by atomic mass is 10.1. The normalized spacial score (nSPS) is 16.1. The molecule has 0 saturated carbocycles. The van der Waals surface area contributed by atoms with Crippen LogP contribution in [0.1, 0.15) is 41.1 Å². The predicted molar refractivity (Wildman–Crippen MR) is 102 cm³/mol. The Balaban J connectivity index is 1.62. The highest BCUT2D eigenvalue weighted by molar-refractivity contribution is 5.98. The van der Waals surface area contributed by atoms with Gasteiger partial charge in [-0.25, -0.2) is 4.98 Å². The second kappa shape index (κ2) is 8.97. The number of imidazole rings is 1. The second-order valence-corrected chi connectivity index (χ2v) is 6.98. The molecule has 1 unspecified atom stereocenters. The maximum Gasteiger partial charge on any atom is 0.319 e. The molecule has 0 spiro atoms. The molecule has 0 bridgehead atoms. The van der Waals surface area contributed by atoms with Crippen LogP contribution in [0.3, 0.4) is 0 Å². The summed E-state index contributed by atoms with van der Waals surface area (Å²) in [5.74, 6) is -0.584. The molecule has 0 radical (unpaired) electrons. The quantitative estimate of drug-likeness (QED) is 0.545. The number of nitro groups is 1. The molecule has 1 saturated heterocycles. The summed E-state index contributed by atoms with van der Waals surface area (Å²) < 4.78 is 26.4. The van der Waals surface area contributed by atoms with Crippen molar-refractivity contribution < 1.29 is 23.3 Å². The van der Waals surface area contributed by atoms with Gasteiger partial charge >= 0.3 is 6.55 Å². The first kappa shape index (κ1) is 21.3. The topological polar surface area (TPSA) is 110 Å². The monoisotopic (exact) mass is 421 g/mol. The van der Waals surface area contributed by atoms with E-state index in [1.54, 1.807) is 6.92 Å². The van der Waals surface area contributed by atoms with E-state index in [0.717, 1.165) is 4.57 Å². The fourth-order valence-corrected chi connectivity index (χ4v) is 3.57. The molecule has 1 aromatic heterocycles. The zero-order valence-corrected chi connectivity index (χ0v) is 16.3. The maximum absolute atomic E-state index is 12.9. The number of carbonyl (C=O) groups excluding carboxylic acids is 2. The molecule has 3 rings (SSSR count). The van der Waals surface area contributed by atoms with E-state index >= 15 is 0 Å². The van der Waals surface area contributed by atoms with Gasteiger partial charge in [0.2, 0.25) is 5.91 Å². The molecule has 1 aliphatic rings. The molecule has 30 heavy (non-hydrogen) atoms. The van der Waals surface area contributed by atoms with Gasteiger partial charge < -0.3 is 10.2 Å². The Morgan fingerprint density at radius 2 is 2.17 bits per heavy atom. The van der Waals surface area contributed by atoms with E-state index in [0.29, 0.717) is 24.9 Å². The molecule has 0 aliphatic carbocycles. The summed E-state index contributed by atoms with van der Waals surface area (Å²) in [5, 5.41) is 13.6. The fourth-order valence-electron chi connectivity index (χ4n) is 3.57. The lowest BCUT2D eigenvalue weighted by molar-refractivity contribution is -0.385. The number of likely N-dealkylation sites (tertiary alicyclic amines) is 1. The minimum atomic E-state index is -2.70. The number of nitro benzene ring substituents is 1. The van der Waals surface area contributed by atoms with Crippen molar-refractivity contribution in [3.05, 3.63) is 57.7 Å². The van der Waals surface area contributed by atoms with Crippen LogP contribution in [0.5, 0.6) is 0 Å². The minimum absolute atomic E-state index is 0.0792. The number of hydrogen-bond donors (Lipinski definition) is 1. The Morgan fingerprint density at radius 3 is 2.83 bits per heavy atom. The number of amides is 2. The van der Waals surface area contributed by atoms with Crippen molar-refractivity contribution in [3.8, 4) is 0 Å². The number of halogens is 2. The SMILES string of the molecule is Cc1cc(C(=O)N2CCCC2C(=O)NCCc2nccn2C(F)F)ccc1[N+](=O)[O-]. The number of rotatable bonds is 7. The Bertz CT molecular complexity index is 962. The minimum Gasteiger partial charge on any atom is -0.354 e. The molecule has 160 valence electrons. The molecule has 2 amide bonds. The van der Waals surface area contributed by atoms with Crippen molar-refractivity contribution in [2.45, 2.75) is 38.8 Å². The Kier molecular flexibility index (Phi) is 6.38. The number of aromatic nitrogens is 2. The summed E-state index contributed by atoms with van der Waals surface area (Å²) in [4.78, 5) is 41.2. The zero-order valence-electron chi connectivity index (χ0n) is 16.3. The molecule has 2 heterocycles. The third-order valence-corrected chi connectivity index (χ3v) is 5.06. The zero-order chi connectivity index (χ0) is 21.8. The first-order valence-corrected chi connectivity index (χ1v) is 9.43. The summed E-state index contributed by atoms with van der Waals surface area (Å²) in [7, 11) is 0. The molecule has 1 N–H and O–H groups in total. The van der Waals surface area contributed by atoms with E-state index in [9.17, 15) is 28.5 Å². The van der Waals surface area contributed by atoms with Gasteiger partial charge in [0.1, 0.15) is 11.9 Å². The predicted octanol–water partition coefficient (Wildman–Crippen LogP) is 2.46. The molecular weight excluding hydrogens is 400 g/mol. The molecule has 9 nitrogen and oxygen atoms in total. The van der Waals surface area contributed by atoms with Gasteiger partial charge in [-0.2, -0.15) is 8.78 Å². The molecule has 1 atom stereocenters. The lowest BCUT2D eigenvalue weighted by Crippen LogP contribution is -2.46. The van der Waals surface area contributed by atoms with Gasteiger partial charge in [0.15, 0.2) is 0 Å². The average Bonchev–Trinajstić information content (AvgIpc) is 3.36. The van der Waals surface area contributed by atoms with Gasteiger partial charge in [-0.1, -0.05) is 0 Å². The van der Waals surface area contributed by atoms with Crippen molar-refractivity contribution in [2.75, 3.05) is 13.1 Å². The summed E-state index contributed by atoms with van der Waals surface area (Å²) in [6.07, 6.45) is 3.70. The van der Waals surface area contributed by atoms with Gasteiger partial charge in [-0.3, -0.25) is 24.3 Å². The summed E-state index contributed by atoms with van der Waals surface area (Å²) in [6, 6.07) is 3.42. The summed E-state index contributed by atoms with van der Waals surface area (Å²) >= 11 is 0. The van der Waals surface area contributed by atoms with E-state index in [1.165, 1.54) is 35.5 Å². The number of hydrogen-bond acceptors (Lipinski definition) is 5. The third kappa shape index (κ3) is 4.44. The fraction of sp³-hybridized carbons (Fsp3) is 0.421. The van der Waals surface area contributed by atoms with Crippen LogP contribution < -0.4 is 5.32 Å². The Hall–Kier alpha value is -3.37. The van der Waals surface area contributed by atoms with Crippen LogP contribution >= 0.6 is 0 Å². The van der Waals surface area contributed by atoms with E-state index in [2.05, 4.69) is 10.3 Å². The number of nitrogens with one attached hydrogen (secondary N) is 1. The van der Waals surface area contributed by atoms with E-state index in [1.807, 2.05) is 0 Å². The van der Waals surface area contributed by atoms with Gasteiger partial charge in [-0.05, 0) is 31.9 Å². The molecule has 11 heteroatoms. The summed E-state index contributed by atoms with van der Waals surface area (Å²) in [5.41, 5.74) is 0.557. The van der Waals surface area contributed by atoms with Gasteiger partial charge in [0.05, 0.1) is 4.92 Å². The highest BCUT2D eigenvalue weighted by atomic mass is 19.3. The van der Waals surface area contributed by atoms with Crippen molar-refractivity contribution in [1.29, 1.82) is 0 Å². The first-order valence-electron chi connectivity index (χ1n) is 9.43. The highest BCUT2D eigenvalue weighted by Gasteiger charge is 2.34.